The fourth-order valence-electron chi connectivity index (χ4n) is 7.21. The van der Waals surface area contributed by atoms with Crippen LogP contribution in [0.3, 0.4) is 0 Å². The number of aromatic carboxylic acids is 1. The molecule has 14 nitrogen and oxygen atoms in total. The smallest absolute Gasteiger partial charge is 0.336 e. The van der Waals surface area contributed by atoms with Crippen LogP contribution in [0, 0.1) is 0 Å². The van der Waals surface area contributed by atoms with Gasteiger partial charge < -0.3 is 14.7 Å². The Hall–Kier alpha value is -4.87. The van der Waals surface area contributed by atoms with Gasteiger partial charge in [-0.3, -0.25) is 19.3 Å². The van der Waals surface area contributed by atoms with E-state index < -0.39 is 54.7 Å². The highest BCUT2D eigenvalue weighted by Crippen LogP contribution is 2.47. The van der Waals surface area contributed by atoms with Crippen LogP contribution >= 0.6 is 0 Å². The summed E-state index contributed by atoms with van der Waals surface area (Å²) in [4.78, 5) is 27.4. The van der Waals surface area contributed by atoms with Crippen LogP contribution in [0.4, 0.5) is 5.69 Å². The predicted molar refractivity (Wildman–Crippen MR) is 196 cm³/mol. The minimum absolute atomic E-state index is 0.160. The summed E-state index contributed by atoms with van der Waals surface area (Å²) in [5, 5.41) is 11.6. The number of carbonyl (C=O) groups is 2. The van der Waals surface area contributed by atoms with Crippen LogP contribution in [0.2, 0.25) is 0 Å². The molecule has 274 valence electrons. The van der Waals surface area contributed by atoms with Crippen LogP contribution in [0.15, 0.2) is 54.6 Å². The summed E-state index contributed by atoms with van der Waals surface area (Å²) in [5.74, 6) is 2.63. The third-order valence-corrected chi connectivity index (χ3v) is 11.3. The molecule has 3 aromatic rings. The Balaban J connectivity index is 1.79. The Morgan fingerprint density at radius 2 is 1.52 bits per heavy atom. The normalized spacial score (nSPS) is 17.1. The fourth-order valence-corrected chi connectivity index (χ4v) is 8.47. The highest BCUT2D eigenvalue weighted by atomic mass is 32.2. The van der Waals surface area contributed by atoms with Gasteiger partial charge in [0.25, 0.3) is 20.2 Å². The van der Waals surface area contributed by atoms with Crippen molar-refractivity contribution in [1.29, 1.82) is 0 Å². The highest BCUT2D eigenvalue weighted by Gasteiger charge is 2.37. The van der Waals surface area contributed by atoms with Crippen molar-refractivity contribution in [3.8, 4) is 11.5 Å². The lowest BCUT2D eigenvalue weighted by atomic mass is 9.82. The number of carboxylic acid groups (broad SMARTS) is 1. The van der Waals surface area contributed by atoms with Crippen molar-refractivity contribution in [3.05, 3.63) is 98.6 Å². The molecule has 3 aliphatic heterocycles. The molecule has 52 heavy (non-hydrogen) atoms. The van der Waals surface area contributed by atoms with Crippen molar-refractivity contribution in [2.45, 2.75) is 45.2 Å². The minimum atomic E-state index is -4.48. The summed E-state index contributed by atoms with van der Waals surface area (Å²) in [5.41, 5.74) is 3.64. The number of carbonyl (C=O) groups excluding carboxylic acids is 1. The average Bonchev–Trinajstić information content (AvgIpc) is 3.01. The third kappa shape index (κ3) is 6.63. The van der Waals surface area contributed by atoms with Crippen LogP contribution in [0.5, 0.6) is 11.5 Å². The van der Waals surface area contributed by atoms with Crippen LogP contribution in [-0.2, 0) is 31.5 Å². The summed E-state index contributed by atoms with van der Waals surface area (Å²) >= 11 is 0. The van der Waals surface area contributed by atoms with Crippen molar-refractivity contribution in [3.63, 3.8) is 0 Å². The van der Waals surface area contributed by atoms with Gasteiger partial charge in [-0.25, -0.2) is 15.2 Å². The molecule has 0 saturated heterocycles. The molecule has 1 amide bonds. The summed E-state index contributed by atoms with van der Waals surface area (Å²) in [6.07, 6.45) is 3.12. The fraction of sp³-hybridized carbons (Fsp3) is 0.306. The molecule has 16 heteroatoms. The molecule has 0 spiro atoms. The van der Waals surface area contributed by atoms with Crippen molar-refractivity contribution in [2.24, 2.45) is 5.84 Å². The molecule has 0 bridgehead atoms. The van der Waals surface area contributed by atoms with Crippen molar-refractivity contribution < 1.29 is 45.4 Å². The third-order valence-electron chi connectivity index (χ3n) is 9.97. The van der Waals surface area contributed by atoms with E-state index in [-0.39, 0.29) is 23.1 Å². The number of anilines is 1. The second kappa shape index (κ2) is 12.4. The Morgan fingerprint density at radius 3 is 2.12 bits per heavy atom. The van der Waals surface area contributed by atoms with Gasteiger partial charge in [0.05, 0.1) is 29.2 Å². The maximum absolute atomic E-state index is 13.1. The number of nitrogens with zero attached hydrogens (tertiary/aromatic N) is 2. The predicted octanol–water partition coefficient (Wildman–Crippen LogP) is 1.95. The number of benzene rings is 3. The van der Waals surface area contributed by atoms with Crippen LogP contribution in [0.25, 0.3) is 16.7 Å². The zero-order valence-electron chi connectivity index (χ0n) is 29.3. The molecule has 0 atom stereocenters. The lowest BCUT2D eigenvalue weighted by Crippen LogP contribution is -2.47. The van der Waals surface area contributed by atoms with Gasteiger partial charge in [0, 0.05) is 54.6 Å². The topological polar surface area (TPSA) is 217 Å². The first-order chi connectivity index (χ1) is 24.0. The van der Waals surface area contributed by atoms with Gasteiger partial charge in [-0.15, -0.1) is 0 Å². The molecule has 0 aliphatic carbocycles. The Bertz CT molecular complexity index is 2540. The number of likely N-dealkylation sites (N-methyl/N-ethyl adjacent to an activating group) is 2. The van der Waals surface area contributed by atoms with Gasteiger partial charge in [-0.2, -0.15) is 16.8 Å². The molecule has 3 aromatic carbocycles. The van der Waals surface area contributed by atoms with Crippen LogP contribution < -0.4 is 36.1 Å². The molecule has 6 N–H and O–H groups in total. The molecule has 0 radical (unpaired) electrons. The molecule has 0 saturated carbocycles. The van der Waals surface area contributed by atoms with Crippen molar-refractivity contribution in [2.75, 3.05) is 30.5 Å². The van der Waals surface area contributed by atoms with Gasteiger partial charge in [0.15, 0.2) is 5.54 Å². The average molecular weight is 752 g/mol. The number of ether oxygens (including phenoxy) is 1. The molecular weight excluding hydrogens is 713 g/mol. The number of carboxylic acids is 1. The second-order valence-electron chi connectivity index (χ2n) is 14.3. The van der Waals surface area contributed by atoms with Crippen LogP contribution in [-0.4, -0.2) is 79.6 Å². The maximum atomic E-state index is 13.1. The van der Waals surface area contributed by atoms with E-state index >= 15 is 0 Å². The number of amides is 1. The van der Waals surface area contributed by atoms with Gasteiger partial charge in [0.2, 0.25) is 11.3 Å². The Kier molecular flexibility index (Phi) is 8.78. The number of hydrazine groups is 1. The van der Waals surface area contributed by atoms with Crippen LogP contribution in [0.1, 0.15) is 65.9 Å². The van der Waals surface area contributed by atoms with E-state index in [4.69, 9.17) is 10.6 Å². The van der Waals surface area contributed by atoms with E-state index in [1.165, 1.54) is 6.07 Å². The first kappa shape index (κ1) is 36.9. The van der Waals surface area contributed by atoms with Gasteiger partial charge in [0.1, 0.15) is 30.1 Å². The van der Waals surface area contributed by atoms with E-state index in [0.717, 1.165) is 0 Å². The van der Waals surface area contributed by atoms with E-state index in [9.17, 15) is 40.6 Å². The number of rotatable bonds is 8. The quantitative estimate of drug-likeness (QED) is 0.0574. The zero-order valence-corrected chi connectivity index (χ0v) is 30.9. The van der Waals surface area contributed by atoms with E-state index in [0.29, 0.717) is 61.2 Å². The van der Waals surface area contributed by atoms with E-state index in [2.05, 4.69) is 0 Å². The molecule has 0 unspecified atom stereocenters. The lowest BCUT2D eigenvalue weighted by molar-refractivity contribution is -0.120. The van der Waals surface area contributed by atoms with Crippen molar-refractivity contribution in [1.82, 2.24) is 10.0 Å². The molecule has 0 fully saturated rings. The number of hydrogen-bond donors (Lipinski definition) is 5. The standard InChI is InChI=1S/C36H38N4O10S2/c1-35(2)15-20(17-51(44,45)46)23-11-25-29(13-27(23)39(35)5)50-30-14-28-24(21(18-52(47,48)49)16-36(3,4)40(28)6)12-26(30)33(25)22-9-7-8-19(10-31(41)38-37)32(22)34(42)43/h7-9,11-16H,10,17-18,37H2,1-6H3,(H3-,38,41,42,43,44,45,46,47,48,49)/p+1. The van der Waals surface area contributed by atoms with Gasteiger partial charge in [-0.1, -0.05) is 24.3 Å². The number of nitrogens with two attached hydrogens (primary N) is 1. The largest absolute Gasteiger partial charge is 0.478 e. The molecule has 3 heterocycles. The van der Waals surface area contributed by atoms with E-state index in [1.807, 2.05) is 56.7 Å². The first-order valence-corrected chi connectivity index (χ1v) is 19.3. The van der Waals surface area contributed by atoms with Crippen molar-refractivity contribution >= 4 is 54.5 Å². The number of nitrogens with one attached hydrogen (secondary N) is 1. The SMILES string of the molecule is CN1c2cc3c(cc2C(CS(=O)(=O)O)=CC1(C)C)C(c1cccc(CC(=O)NN)c1C(=O)O)=c1cc2c(cc1O3)=[N+](C)C(C)(C)C=C2CS(=O)(=O)O. The van der Waals surface area contributed by atoms with Gasteiger partial charge in [-0.05, 0) is 54.3 Å². The second-order valence-corrected chi connectivity index (χ2v) is 17.2. The number of fused-ring (bicyclic) bond motifs is 4. The summed E-state index contributed by atoms with van der Waals surface area (Å²) in [6, 6.07) is 11.5. The molecule has 0 aromatic heterocycles. The van der Waals surface area contributed by atoms with Gasteiger partial charge >= 0.3 is 5.97 Å². The molecule has 6 rings (SSSR count). The van der Waals surface area contributed by atoms with E-state index in [1.54, 1.807) is 48.6 Å². The molecular formula is C36H39N4O10S2+. The summed E-state index contributed by atoms with van der Waals surface area (Å²) in [7, 11) is -5.31. The minimum Gasteiger partial charge on any atom is -0.478 e. The summed E-state index contributed by atoms with van der Waals surface area (Å²) in [6.45, 7) is 7.54. The zero-order chi connectivity index (χ0) is 38.3. The monoisotopic (exact) mass is 751 g/mol. The summed E-state index contributed by atoms with van der Waals surface area (Å²) < 4.78 is 77.4. The lowest BCUT2D eigenvalue weighted by Gasteiger charge is -2.41. The Labute approximate surface area is 300 Å². The number of hydrogen-bond acceptors (Lipinski definition) is 9. The maximum Gasteiger partial charge on any atom is 0.336 e. The highest BCUT2D eigenvalue weighted by molar-refractivity contribution is 7.86. The molecule has 3 aliphatic rings. The Morgan fingerprint density at radius 1 is 0.885 bits per heavy atom. The first-order valence-electron chi connectivity index (χ1n) is 16.1.